The van der Waals surface area contributed by atoms with Gasteiger partial charge in [-0.1, -0.05) is 23.7 Å². The van der Waals surface area contributed by atoms with Gasteiger partial charge < -0.3 is 10.6 Å². The molecule has 0 radical (unpaired) electrons. The van der Waals surface area contributed by atoms with Crippen LogP contribution in [0.3, 0.4) is 0 Å². The average molecular weight is 337 g/mol. The van der Waals surface area contributed by atoms with E-state index in [0.717, 1.165) is 30.5 Å². The highest BCUT2D eigenvalue weighted by molar-refractivity contribution is 6.30. The first-order valence-corrected chi connectivity index (χ1v) is 8.09. The van der Waals surface area contributed by atoms with Crippen LogP contribution >= 0.6 is 11.6 Å². The van der Waals surface area contributed by atoms with Crippen molar-refractivity contribution >= 4 is 17.3 Å². The van der Waals surface area contributed by atoms with Gasteiger partial charge in [-0.3, -0.25) is 0 Å². The van der Waals surface area contributed by atoms with E-state index in [-0.39, 0.29) is 17.6 Å². The quantitative estimate of drug-likeness (QED) is 0.917. The molecule has 122 valence electrons. The van der Waals surface area contributed by atoms with Gasteiger partial charge in [-0.15, -0.1) is 0 Å². The summed E-state index contributed by atoms with van der Waals surface area (Å²) < 4.78 is 27.5. The first kappa shape index (κ1) is 16.2. The largest absolute Gasteiger partial charge is 0.367 e. The Morgan fingerprint density at radius 1 is 1.13 bits per heavy atom. The lowest BCUT2D eigenvalue weighted by atomic mass is 9.88. The molecule has 1 saturated heterocycles. The van der Waals surface area contributed by atoms with Crippen LogP contribution in [-0.4, -0.2) is 19.1 Å². The molecule has 2 N–H and O–H groups in total. The van der Waals surface area contributed by atoms with Crippen molar-refractivity contribution < 1.29 is 8.78 Å². The third kappa shape index (κ3) is 4.01. The molecule has 1 fully saturated rings. The normalized spacial score (nSPS) is 21.5. The first-order chi connectivity index (χ1) is 11.0. The van der Waals surface area contributed by atoms with Crippen molar-refractivity contribution in [2.45, 2.75) is 18.9 Å². The highest BCUT2D eigenvalue weighted by atomic mass is 35.5. The summed E-state index contributed by atoms with van der Waals surface area (Å²) in [5.41, 5.74) is 7.56. The highest BCUT2D eigenvalue weighted by Gasteiger charge is 2.27. The average Bonchev–Trinajstić information content (AvgIpc) is 2.49. The molecule has 2 aromatic rings. The predicted molar refractivity (Wildman–Crippen MR) is 89.8 cm³/mol. The molecule has 2 unspecified atom stereocenters. The zero-order valence-corrected chi connectivity index (χ0v) is 13.4. The summed E-state index contributed by atoms with van der Waals surface area (Å²) in [6, 6.07) is 11.2. The molecule has 0 spiro atoms. The van der Waals surface area contributed by atoms with Crippen molar-refractivity contribution in [3.8, 4) is 0 Å². The first-order valence-electron chi connectivity index (χ1n) is 7.71. The Kier molecular flexibility index (Phi) is 4.83. The molecule has 2 nitrogen and oxygen atoms in total. The maximum absolute atomic E-state index is 14.0. The molecule has 0 aromatic heterocycles. The number of anilines is 1. The number of hydrogen-bond acceptors (Lipinski definition) is 2. The molecule has 2 aromatic carbocycles. The van der Waals surface area contributed by atoms with Crippen LogP contribution in [0, 0.1) is 17.6 Å². The van der Waals surface area contributed by atoms with Gasteiger partial charge in [0, 0.05) is 30.2 Å². The van der Waals surface area contributed by atoms with Crippen LogP contribution in [0.25, 0.3) is 0 Å². The minimum atomic E-state index is -0.438. The van der Waals surface area contributed by atoms with Crippen molar-refractivity contribution in [1.29, 1.82) is 0 Å². The maximum Gasteiger partial charge on any atom is 0.146 e. The Morgan fingerprint density at radius 2 is 1.96 bits per heavy atom. The third-order valence-corrected chi connectivity index (χ3v) is 4.47. The van der Waals surface area contributed by atoms with Crippen LogP contribution < -0.4 is 10.6 Å². The van der Waals surface area contributed by atoms with Crippen molar-refractivity contribution in [1.82, 2.24) is 0 Å². The fraction of sp³-hybridized carbons (Fsp3) is 0.333. The van der Waals surface area contributed by atoms with Gasteiger partial charge in [-0.05, 0) is 48.6 Å². The Bertz CT molecular complexity index is 692. The fourth-order valence-corrected chi connectivity index (χ4v) is 3.53. The van der Waals surface area contributed by atoms with E-state index in [1.807, 2.05) is 29.2 Å². The smallest absolute Gasteiger partial charge is 0.146 e. The Balaban J connectivity index is 1.77. The third-order valence-electron chi connectivity index (χ3n) is 4.23. The van der Waals surface area contributed by atoms with Crippen molar-refractivity contribution in [3.05, 3.63) is 64.7 Å². The molecule has 5 heteroatoms. The summed E-state index contributed by atoms with van der Waals surface area (Å²) >= 11 is 6.03. The van der Waals surface area contributed by atoms with Crippen molar-refractivity contribution in [2.75, 3.05) is 18.0 Å². The molecule has 1 heterocycles. The number of nitrogens with two attached hydrogens (primary N) is 1. The van der Waals surface area contributed by atoms with Gasteiger partial charge in [-0.2, -0.15) is 0 Å². The van der Waals surface area contributed by atoms with Gasteiger partial charge in [0.1, 0.15) is 11.6 Å². The number of piperidine rings is 1. The van der Waals surface area contributed by atoms with Crippen LogP contribution in [0.15, 0.2) is 42.5 Å². The maximum atomic E-state index is 14.0. The van der Waals surface area contributed by atoms with E-state index in [2.05, 4.69) is 0 Å². The van der Waals surface area contributed by atoms with Gasteiger partial charge >= 0.3 is 0 Å². The summed E-state index contributed by atoms with van der Waals surface area (Å²) in [7, 11) is 0. The number of nitrogens with zero attached hydrogens (tertiary/aromatic N) is 1. The summed E-state index contributed by atoms with van der Waals surface area (Å²) in [5, 5.41) is 0.704. The molecule has 1 aliphatic heterocycles. The summed E-state index contributed by atoms with van der Waals surface area (Å²) in [4.78, 5) is 1.85. The molecular weight excluding hydrogens is 318 g/mol. The van der Waals surface area contributed by atoms with Gasteiger partial charge in [-0.25, -0.2) is 8.78 Å². The SMILES string of the molecule is NC1CC(Cc2cccc(Cl)c2)CN(c2cc(F)ccc2F)C1. The second-order valence-electron chi connectivity index (χ2n) is 6.20. The topological polar surface area (TPSA) is 29.3 Å². The lowest BCUT2D eigenvalue weighted by Crippen LogP contribution is -2.48. The summed E-state index contributed by atoms with van der Waals surface area (Å²) in [5.74, 6) is -0.575. The van der Waals surface area contributed by atoms with Crippen LogP contribution in [-0.2, 0) is 6.42 Å². The lowest BCUT2D eigenvalue weighted by molar-refractivity contribution is 0.372. The van der Waals surface area contributed by atoms with E-state index in [0.29, 0.717) is 18.1 Å². The van der Waals surface area contributed by atoms with E-state index in [1.54, 1.807) is 0 Å². The minimum Gasteiger partial charge on any atom is -0.367 e. The standard InChI is InChI=1S/C18H19ClF2N2/c19-14-3-1-2-12(7-14)6-13-8-16(22)11-23(10-13)18-9-15(20)4-5-17(18)21/h1-5,7,9,13,16H,6,8,10-11,22H2. The van der Waals surface area contributed by atoms with Gasteiger partial charge in [0.2, 0.25) is 0 Å². The number of halogens is 3. The van der Waals surface area contributed by atoms with E-state index >= 15 is 0 Å². The zero-order chi connectivity index (χ0) is 16.4. The van der Waals surface area contributed by atoms with E-state index in [1.165, 1.54) is 6.07 Å². The number of hydrogen-bond donors (Lipinski definition) is 1. The molecule has 0 amide bonds. The molecule has 1 aliphatic rings. The molecular formula is C18H19ClF2N2. The monoisotopic (exact) mass is 336 g/mol. The molecule has 23 heavy (non-hydrogen) atoms. The van der Waals surface area contributed by atoms with Crippen LogP contribution in [0.5, 0.6) is 0 Å². The zero-order valence-electron chi connectivity index (χ0n) is 12.7. The predicted octanol–water partition coefficient (Wildman–Crippen LogP) is 4.01. The van der Waals surface area contributed by atoms with Crippen molar-refractivity contribution in [2.24, 2.45) is 11.7 Å². The molecule has 0 saturated carbocycles. The second kappa shape index (κ2) is 6.85. The summed E-state index contributed by atoms with van der Waals surface area (Å²) in [6.07, 6.45) is 1.68. The highest BCUT2D eigenvalue weighted by Crippen LogP contribution is 2.28. The van der Waals surface area contributed by atoms with Gasteiger partial charge in [0.05, 0.1) is 5.69 Å². The van der Waals surface area contributed by atoms with E-state index in [4.69, 9.17) is 17.3 Å². The van der Waals surface area contributed by atoms with Crippen LogP contribution in [0.1, 0.15) is 12.0 Å². The molecule has 0 bridgehead atoms. The van der Waals surface area contributed by atoms with Crippen LogP contribution in [0.4, 0.5) is 14.5 Å². The molecule has 0 aliphatic carbocycles. The van der Waals surface area contributed by atoms with E-state index in [9.17, 15) is 8.78 Å². The summed E-state index contributed by atoms with van der Waals surface area (Å²) in [6.45, 7) is 1.19. The Morgan fingerprint density at radius 3 is 2.74 bits per heavy atom. The van der Waals surface area contributed by atoms with Gasteiger partial charge in [0.25, 0.3) is 0 Å². The van der Waals surface area contributed by atoms with Gasteiger partial charge in [0.15, 0.2) is 0 Å². The van der Waals surface area contributed by atoms with E-state index < -0.39 is 11.6 Å². The minimum absolute atomic E-state index is 0.0596. The molecule has 3 rings (SSSR count). The second-order valence-corrected chi connectivity index (χ2v) is 6.63. The Labute approximate surface area is 139 Å². The lowest BCUT2D eigenvalue weighted by Gasteiger charge is -2.38. The Hall–Kier alpha value is -1.65. The fourth-order valence-electron chi connectivity index (χ4n) is 3.32. The molecule has 2 atom stereocenters. The number of rotatable bonds is 3. The van der Waals surface area contributed by atoms with Crippen LogP contribution in [0.2, 0.25) is 5.02 Å². The number of benzene rings is 2. The van der Waals surface area contributed by atoms with Crippen molar-refractivity contribution in [3.63, 3.8) is 0 Å².